The van der Waals surface area contributed by atoms with Crippen molar-refractivity contribution in [1.29, 1.82) is 0 Å². The average molecular weight is 445 g/mol. The molecule has 0 saturated carbocycles. The van der Waals surface area contributed by atoms with Gasteiger partial charge in [-0.25, -0.2) is 0 Å². The molecule has 1 saturated heterocycles. The second kappa shape index (κ2) is 8.77. The van der Waals surface area contributed by atoms with Gasteiger partial charge in [-0.05, 0) is 30.3 Å². The summed E-state index contributed by atoms with van der Waals surface area (Å²) < 4.78 is 5.26. The summed E-state index contributed by atoms with van der Waals surface area (Å²) in [4.78, 5) is 32.9. The fourth-order valence-electron chi connectivity index (χ4n) is 3.20. The summed E-state index contributed by atoms with van der Waals surface area (Å²) in [6.45, 7) is 2.35. The quantitative estimate of drug-likeness (QED) is 0.652. The molecule has 1 fully saturated rings. The lowest BCUT2D eigenvalue weighted by molar-refractivity contribution is 0.0740. The molecule has 1 aromatic heterocycles. The highest BCUT2D eigenvalue weighted by Gasteiger charge is 2.25. The molecule has 2 heterocycles. The highest BCUT2D eigenvalue weighted by molar-refractivity contribution is 6.42. The van der Waals surface area contributed by atoms with Crippen molar-refractivity contribution in [3.63, 3.8) is 0 Å². The van der Waals surface area contributed by atoms with E-state index in [2.05, 4.69) is 15.2 Å². The molecular weight excluding hydrogens is 427 g/mol. The van der Waals surface area contributed by atoms with E-state index < -0.39 is 0 Å². The summed E-state index contributed by atoms with van der Waals surface area (Å²) in [5, 5.41) is 3.57. The third kappa shape index (κ3) is 4.42. The summed E-state index contributed by atoms with van der Waals surface area (Å²) in [7, 11) is 0. The number of halogens is 2. The standard InChI is InChI=1S/C21H18Cl2N4O3/c22-16-7-6-15(12-17(16)23)26-8-10-27(11-9-26)20(29)18-13-30-21(24-18)25-19(28)14-4-2-1-3-5-14/h1-7,12-13H,8-11H2,(H,24,25,28). The summed E-state index contributed by atoms with van der Waals surface area (Å²) in [6.07, 6.45) is 1.26. The normalized spacial score (nSPS) is 13.9. The Morgan fingerprint density at radius 2 is 1.70 bits per heavy atom. The van der Waals surface area contributed by atoms with Crippen molar-refractivity contribution in [2.75, 3.05) is 36.4 Å². The third-order valence-electron chi connectivity index (χ3n) is 4.81. The zero-order valence-electron chi connectivity index (χ0n) is 15.8. The van der Waals surface area contributed by atoms with Gasteiger partial charge in [0.15, 0.2) is 5.69 Å². The second-order valence-electron chi connectivity index (χ2n) is 6.74. The van der Waals surface area contributed by atoms with Crippen molar-refractivity contribution in [1.82, 2.24) is 9.88 Å². The number of rotatable bonds is 4. The molecule has 2 aromatic carbocycles. The number of anilines is 2. The molecule has 154 valence electrons. The molecule has 0 bridgehead atoms. The molecule has 1 aliphatic rings. The van der Waals surface area contributed by atoms with E-state index >= 15 is 0 Å². The molecule has 7 nitrogen and oxygen atoms in total. The van der Waals surface area contributed by atoms with Gasteiger partial charge < -0.3 is 14.2 Å². The van der Waals surface area contributed by atoms with Crippen LogP contribution in [0.5, 0.6) is 0 Å². The first kappa shape index (κ1) is 20.3. The van der Waals surface area contributed by atoms with E-state index in [0.29, 0.717) is 41.8 Å². The van der Waals surface area contributed by atoms with Crippen molar-refractivity contribution >= 4 is 46.7 Å². The van der Waals surface area contributed by atoms with E-state index in [9.17, 15) is 9.59 Å². The molecule has 0 aliphatic carbocycles. The van der Waals surface area contributed by atoms with Gasteiger partial charge in [0.2, 0.25) is 0 Å². The predicted molar refractivity (Wildman–Crippen MR) is 115 cm³/mol. The lowest BCUT2D eigenvalue weighted by atomic mass is 10.2. The van der Waals surface area contributed by atoms with Gasteiger partial charge in [-0.2, -0.15) is 4.98 Å². The van der Waals surface area contributed by atoms with Gasteiger partial charge in [-0.3, -0.25) is 14.9 Å². The SMILES string of the molecule is O=C(Nc1nc(C(=O)N2CCN(c3ccc(Cl)c(Cl)c3)CC2)co1)c1ccccc1. The van der Waals surface area contributed by atoms with Crippen LogP contribution in [0.1, 0.15) is 20.8 Å². The molecule has 3 aromatic rings. The number of benzene rings is 2. The summed E-state index contributed by atoms with van der Waals surface area (Å²) in [5.74, 6) is -0.598. The number of hydrogen-bond donors (Lipinski definition) is 1. The molecule has 1 N–H and O–H groups in total. The number of piperazine rings is 1. The minimum absolute atomic E-state index is 0.0124. The van der Waals surface area contributed by atoms with E-state index in [1.54, 1.807) is 35.2 Å². The summed E-state index contributed by atoms with van der Waals surface area (Å²) in [6, 6.07) is 14.2. The fourth-order valence-corrected chi connectivity index (χ4v) is 3.49. The molecule has 30 heavy (non-hydrogen) atoms. The molecule has 1 aliphatic heterocycles. The number of hydrogen-bond acceptors (Lipinski definition) is 5. The van der Waals surface area contributed by atoms with Crippen molar-refractivity contribution in [3.8, 4) is 0 Å². The molecule has 2 amide bonds. The lowest BCUT2D eigenvalue weighted by Crippen LogP contribution is -2.48. The topological polar surface area (TPSA) is 78.7 Å². The van der Waals surface area contributed by atoms with Crippen LogP contribution < -0.4 is 10.2 Å². The Morgan fingerprint density at radius 3 is 2.40 bits per heavy atom. The van der Waals surface area contributed by atoms with Gasteiger partial charge >= 0.3 is 6.01 Å². The Hall–Kier alpha value is -3.03. The predicted octanol–water partition coefficient (Wildman–Crippen LogP) is 4.20. The minimum Gasteiger partial charge on any atom is -0.431 e. The Balaban J connectivity index is 1.35. The number of aromatic nitrogens is 1. The maximum absolute atomic E-state index is 12.7. The lowest BCUT2D eigenvalue weighted by Gasteiger charge is -2.35. The number of carbonyl (C=O) groups is 2. The fraction of sp³-hybridized carbons (Fsp3) is 0.190. The molecule has 0 atom stereocenters. The van der Waals surface area contributed by atoms with Crippen LogP contribution in [-0.4, -0.2) is 47.9 Å². The maximum Gasteiger partial charge on any atom is 0.302 e. The Morgan fingerprint density at radius 1 is 0.967 bits per heavy atom. The molecule has 0 spiro atoms. The smallest absolute Gasteiger partial charge is 0.302 e. The van der Waals surface area contributed by atoms with Crippen LogP contribution in [0, 0.1) is 0 Å². The first-order chi connectivity index (χ1) is 14.5. The number of nitrogens with zero attached hydrogens (tertiary/aromatic N) is 3. The summed E-state index contributed by atoms with van der Waals surface area (Å²) >= 11 is 12.1. The Labute approximate surface area is 183 Å². The van der Waals surface area contributed by atoms with E-state index in [1.807, 2.05) is 18.2 Å². The largest absolute Gasteiger partial charge is 0.431 e. The van der Waals surface area contributed by atoms with Crippen LogP contribution >= 0.6 is 23.2 Å². The van der Waals surface area contributed by atoms with Crippen molar-refractivity contribution in [2.45, 2.75) is 0 Å². The second-order valence-corrected chi connectivity index (χ2v) is 7.55. The number of amides is 2. The highest BCUT2D eigenvalue weighted by atomic mass is 35.5. The molecule has 0 radical (unpaired) electrons. The van der Waals surface area contributed by atoms with E-state index in [0.717, 1.165) is 5.69 Å². The van der Waals surface area contributed by atoms with Gasteiger partial charge in [0.1, 0.15) is 6.26 Å². The molecule has 9 heteroatoms. The summed E-state index contributed by atoms with van der Waals surface area (Å²) in [5.41, 5.74) is 1.59. The molecule has 4 rings (SSSR count). The van der Waals surface area contributed by atoms with Crippen LogP contribution in [-0.2, 0) is 0 Å². The molecular formula is C21H18Cl2N4O3. The number of oxazole rings is 1. The highest BCUT2D eigenvalue weighted by Crippen LogP contribution is 2.28. The van der Waals surface area contributed by atoms with Crippen molar-refractivity contribution in [3.05, 3.63) is 76.1 Å². The zero-order valence-corrected chi connectivity index (χ0v) is 17.4. The number of nitrogens with one attached hydrogen (secondary N) is 1. The first-order valence-corrected chi connectivity index (χ1v) is 10.1. The molecule has 0 unspecified atom stereocenters. The first-order valence-electron chi connectivity index (χ1n) is 9.32. The monoisotopic (exact) mass is 444 g/mol. The van der Waals surface area contributed by atoms with Gasteiger partial charge in [0.05, 0.1) is 10.0 Å². The van der Waals surface area contributed by atoms with E-state index in [1.165, 1.54) is 6.26 Å². The zero-order chi connectivity index (χ0) is 21.1. The van der Waals surface area contributed by atoms with Crippen LogP contribution in [0.15, 0.2) is 59.2 Å². The maximum atomic E-state index is 12.7. The van der Waals surface area contributed by atoms with Crippen molar-refractivity contribution in [2.24, 2.45) is 0 Å². The number of carbonyl (C=O) groups excluding carboxylic acids is 2. The minimum atomic E-state index is -0.355. The Bertz CT molecular complexity index is 1060. The van der Waals surface area contributed by atoms with Crippen molar-refractivity contribution < 1.29 is 14.0 Å². The van der Waals surface area contributed by atoms with E-state index in [4.69, 9.17) is 27.6 Å². The third-order valence-corrected chi connectivity index (χ3v) is 5.55. The van der Waals surface area contributed by atoms with Gasteiger partial charge in [-0.15, -0.1) is 0 Å². The average Bonchev–Trinajstić information content (AvgIpc) is 3.24. The van der Waals surface area contributed by atoms with Crippen LogP contribution in [0.3, 0.4) is 0 Å². The van der Waals surface area contributed by atoms with Crippen LogP contribution in [0.2, 0.25) is 10.0 Å². The van der Waals surface area contributed by atoms with E-state index in [-0.39, 0.29) is 23.5 Å². The van der Waals surface area contributed by atoms with Crippen LogP contribution in [0.4, 0.5) is 11.7 Å². The van der Waals surface area contributed by atoms with Gasteiger partial charge in [-0.1, -0.05) is 41.4 Å². The Kier molecular flexibility index (Phi) is 5.92. The van der Waals surface area contributed by atoms with Gasteiger partial charge in [0.25, 0.3) is 11.8 Å². The van der Waals surface area contributed by atoms with Gasteiger partial charge in [0, 0.05) is 37.4 Å². The van der Waals surface area contributed by atoms with Crippen LogP contribution in [0.25, 0.3) is 0 Å².